The van der Waals surface area contributed by atoms with Gasteiger partial charge in [-0.05, 0) is 98.7 Å². The molecule has 0 aromatic heterocycles. The molecule has 142 valence electrons. The molecular weight excluding hydrogens is 308 g/mol. The number of ether oxygens (including phenoxy) is 1. The van der Waals surface area contributed by atoms with Crippen molar-refractivity contribution in [1.29, 1.82) is 0 Å². The molecule has 0 aromatic carbocycles. The predicted octanol–water partition coefficient (Wildman–Crippen LogP) is 5.50. The second-order valence-corrected chi connectivity index (χ2v) is 10.5. The van der Waals surface area contributed by atoms with Crippen molar-refractivity contribution in [3.05, 3.63) is 0 Å². The summed E-state index contributed by atoms with van der Waals surface area (Å²) in [6.45, 7) is 7.74. The molecule has 25 heavy (non-hydrogen) atoms. The van der Waals surface area contributed by atoms with Crippen LogP contribution in [-0.2, 0) is 9.53 Å². The van der Waals surface area contributed by atoms with Crippen molar-refractivity contribution in [2.24, 2.45) is 46.3 Å². The Labute approximate surface area is 154 Å². The molecule has 4 aliphatic rings. The molecule has 2 nitrogen and oxygen atoms in total. The van der Waals surface area contributed by atoms with E-state index in [-0.39, 0.29) is 5.41 Å². The van der Waals surface area contributed by atoms with E-state index in [0.29, 0.717) is 17.1 Å². The molecule has 4 saturated carbocycles. The maximum atomic E-state index is 12.3. The van der Waals surface area contributed by atoms with Gasteiger partial charge in [0.05, 0.1) is 6.61 Å². The van der Waals surface area contributed by atoms with Crippen LogP contribution in [0.1, 0.15) is 78.6 Å². The molecule has 0 spiro atoms. The van der Waals surface area contributed by atoms with Crippen LogP contribution in [0.5, 0.6) is 0 Å². The summed E-state index contributed by atoms with van der Waals surface area (Å²) in [6.07, 6.45) is 12.1. The summed E-state index contributed by atoms with van der Waals surface area (Å²) in [6, 6.07) is 0. The van der Waals surface area contributed by atoms with Crippen molar-refractivity contribution in [1.82, 2.24) is 0 Å². The number of fused-ring (bicyclic) bond motifs is 5. The number of ketones is 1. The number of hydrogen-bond acceptors (Lipinski definition) is 2. The second-order valence-electron chi connectivity index (χ2n) is 10.5. The van der Waals surface area contributed by atoms with Gasteiger partial charge in [0.25, 0.3) is 0 Å². The molecule has 8 atom stereocenters. The minimum absolute atomic E-state index is 0.288. The van der Waals surface area contributed by atoms with Crippen LogP contribution in [0.2, 0.25) is 0 Å². The van der Waals surface area contributed by atoms with E-state index in [1.807, 2.05) is 14.0 Å². The first-order valence-electron chi connectivity index (χ1n) is 10.9. The molecule has 8 unspecified atom stereocenters. The van der Waals surface area contributed by atoms with Crippen LogP contribution in [-0.4, -0.2) is 19.5 Å². The van der Waals surface area contributed by atoms with Gasteiger partial charge in [0.15, 0.2) is 0 Å². The summed E-state index contributed by atoms with van der Waals surface area (Å²) >= 11 is 0. The first-order valence-corrected chi connectivity index (χ1v) is 10.9. The number of hydrogen-bond donors (Lipinski definition) is 0. The Morgan fingerprint density at radius 3 is 2.56 bits per heavy atom. The Balaban J connectivity index is 1.64. The summed E-state index contributed by atoms with van der Waals surface area (Å²) in [4.78, 5) is 12.3. The summed E-state index contributed by atoms with van der Waals surface area (Å²) in [7, 11) is 1.92. The van der Waals surface area contributed by atoms with Gasteiger partial charge in [-0.3, -0.25) is 4.79 Å². The zero-order chi connectivity index (χ0) is 17.8. The van der Waals surface area contributed by atoms with Crippen molar-refractivity contribution < 1.29 is 9.53 Å². The van der Waals surface area contributed by atoms with E-state index in [1.165, 1.54) is 51.4 Å². The van der Waals surface area contributed by atoms with E-state index < -0.39 is 0 Å². The number of methoxy groups -OCH3 is 1. The van der Waals surface area contributed by atoms with Crippen molar-refractivity contribution in [3.8, 4) is 0 Å². The molecule has 2 heteroatoms. The average Bonchev–Trinajstić information content (AvgIpc) is 2.93. The maximum Gasteiger partial charge on any atom is 0.133 e. The van der Waals surface area contributed by atoms with E-state index in [9.17, 15) is 4.79 Å². The number of carbonyl (C=O) groups excluding carboxylic acids is 1. The zero-order valence-electron chi connectivity index (χ0n) is 16.9. The van der Waals surface area contributed by atoms with Crippen molar-refractivity contribution in [2.75, 3.05) is 13.7 Å². The van der Waals surface area contributed by atoms with Crippen LogP contribution in [0.3, 0.4) is 0 Å². The van der Waals surface area contributed by atoms with Gasteiger partial charge in [0.2, 0.25) is 0 Å². The van der Waals surface area contributed by atoms with Crippen LogP contribution in [0.4, 0.5) is 0 Å². The van der Waals surface area contributed by atoms with Gasteiger partial charge in [-0.2, -0.15) is 0 Å². The highest BCUT2D eigenvalue weighted by molar-refractivity contribution is 5.79. The minimum atomic E-state index is 0.288. The lowest BCUT2D eigenvalue weighted by atomic mass is 9.44. The Morgan fingerprint density at radius 1 is 1.04 bits per heavy atom. The van der Waals surface area contributed by atoms with Crippen LogP contribution in [0, 0.1) is 46.3 Å². The molecule has 0 N–H and O–H groups in total. The molecule has 0 aliphatic heterocycles. The van der Waals surface area contributed by atoms with Crippen molar-refractivity contribution >= 4 is 5.78 Å². The second kappa shape index (κ2) is 6.36. The first-order chi connectivity index (χ1) is 11.9. The molecule has 0 bridgehead atoms. The first kappa shape index (κ1) is 18.0. The maximum absolute atomic E-state index is 12.3. The summed E-state index contributed by atoms with van der Waals surface area (Å²) < 4.78 is 5.87. The van der Waals surface area contributed by atoms with Crippen LogP contribution in [0.15, 0.2) is 0 Å². The zero-order valence-corrected chi connectivity index (χ0v) is 16.9. The quantitative estimate of drug-likeness (QED) is 0.675. The van der Waals surface area contributed by atoms with Gasteiger partial charge in [-0.25, -0.2) is 0 Å². The van der Waals surface area contributed by atoms with Crippen LogP contribution in [0.25, 0.3) is 0 Å². The molecule has 4 fully saturated rings. The third kappa shape index (κ3) is 2.57. The molecule has 4 rings (SSSR count). The fourth-order valence-electron chi connectivity index (χ4n) is 8.48. The highest BCUT2D eigenvalue weighted by Crippen LogP contribution is 2.67. The fraction of sp³-hybridized carbons (Fsp3) is 0.957. The molecular formula is C23H38O2. The van der Waals surface area contributed by atoms with Crippen LogP contribution < -0.4 is 0 Å². The third-order valence-corrected chi connectivity index (χ3v) is 9.53. The number of Topliss-reactive ketones (excluding diaryl/α,β-unsaturated/α-hetero) is 1. The molecule has 0 aromatic rings. The molecule has 0 heterocycles. The monoisotopic (exact) mass is 346 g/mol. The third-order valence-electron chi connectivity index (χ3n) is 9.53. The van der Waals surface area contributed by atoms with Crippen LogP contribution >= 0.6 is 0 Å². The Hall–Kier alpha value is -0.370. The van der Waals surface area contributed by atoms with Gasteiger partial charge in [-0.15, -0.1) is 0 Å². The van der Waals surface area contributed by atoms with Gasteiger partial charge in [-0.1, -0.05) is 20.3 Å². The van der Waals surface area contributed by atoms with Gasteiger partial charge < -0.3 is 4.74 Å². The summed E-state index contributed by atoms with van der Waals surface area (Å²) in [5, 5.41) is 0. The van der Waals surface area contributed by atoms with E-state index in [1.54, 1.807) is 0 Å². The van der Waals surface area contributed by atoms with E-state index in [4.69, 9.17) is 4.74 Å². The predicted molar refractivity (Wildman–Crippen MR) is 101 cm³/mol. The molecule has 0 radical (unpaired) electrons. The van der Waals surface area contributed by atoms with E-state index in [0.717, 1.165) is 42.6 Å². The van der Waals surface area contributed by atoms with E-state index in [2.05, 4.69) is 13.8 Å². The largest absolute Gasteiger partial charge is 0.384 e. The van der Waals surface area contributed by atoms with Gasteiger partial charge >= 0.3 is 0 Å². The molecule has 0 amide bonds. The molecule has 0 saturated heterocycles. The van der Waals surface area contributed by atoms with E-state index >= 15 is 0 Å². The van der Waals surface area contributed by atoms with Gasteiger partial charge in [0, 0.05) is 13.0 Å². The van der Waals surface area contributed by atoms with Crippen molar-refractivity contribution in [3.63, 3.8) is 0 Å². The fourth-order valence-corrected chi connectivity index (χ4v) is 8.48. The van der Waals surface area contributed by atoms with Gasteiger partial charge in [0.1, 0.15) is 5.78 Å². The minimum Gasteiger partial charge on any atom is -0.384 e. The Bertz CT molecular complexity index is 528. The lowest BCUT2D eigenvalue weighted by molar-refractivity contribution is -0.154. The Morgan fingerprint density at radius 2 is 1.84 bits per heavy atom. The smallest absolute Gasteiger partial charge is 0.133 e. The standard InChI is InChI=1S/C23H38O2/c1-15-9-12-23(14-25-4)17(13-15)5-6-18-20-8-7-19(16(2)24)22(20,3)11-10-21(18)23/h15,17-21H,5-14H2,1-4H3. The highest BCUT2D eigenvalue weighted by Gasteiger charge is 2.61. The normalized spacial score (nSPS) is 52.2. The molecule has 4 aliphatic carbocycles. The number of rotatable bonds is 3. The summed E-state index contributed by atoms with van der Waals surface area (Å²) in [5.41, 5.74) is 0.732. The SMILES string of the molecule is COCC12CCC(C)CC1CCC1C3CCC(C(C)=O)C3(C)CCC12. The lowest BCUT2D eigenvalue weighted by Gasteiger charge is -2.61. The highest BCUT2D eigenvalue weighted by atomic mass is 16.5. The number of carbonyl (C=O) groups is 1. The average molecular weight is 347 g/mol. The topological polar surface area (TPSA) is 26.3 Å². The Kier molecular flexibility index (Phi) is 4.58. The van der Waals surface area contributed by atoms with Crippen molar-refractivity contribution in [2.45, 2.75) is 78.6 Å². The lowest BCUT2D eigenvalue weighted by Crippen LogP contribution is -2.56. The summed E-state index contributed by atoms with van der Waals surface area (Å²) in [5.74, 6) is 5.05.